The minimum atomic E-state index is 0.475. The van der Waals surface area contributed by atoms with Crippen LogP contribution in [0.3, 0.4) is 0 Å². The molecular weight excluding hydrogens is 306 g/mol. The maximum Gasteiger partial charge on any atom is 0.0546 e. The first-order valence-electron chi connectivity index (χ1n) is 9.70. The first-order valence-corrected chi connectivity index (χ1v) is 9.70. The van der Waals surface area contributed by atoms with Crippen molar-refractivity contribution >= 4 is 0 Å². The van der Waals surface area contributed by atoms with Crippen molar-refractivity contribution in [2.45, 2.75) is 44.1 Å². The van der Waals surface area contributed by atoms with E-state index in [1.165, 1.54) is 56.3 Å². The maximum atomic E-state index is 5.61. The third-order valence-corrected chi connectivity index (χ3v) is 5.46. The number of hydrogen-bond donors (Lipinski definition) is 0. The van der Waals surface area contributed by atoms with Gasteiger partial charge in [0.25, 0.3) is 0 Å². The molecule has 0 radical (unpaired) electrons. The number of hydrogen-bond acceptors (Lipinski definition) is 2. The lowest BCUT2D eigenvalue weighted by Gasteiger charge is -2.40. The number of aryl methyl sites for hydroxylation is 1. The first-order chi connectivity index (χ1) is 12.4. The van der Waals surface area contributed by atoms with E-state index in [9.17, 15) is 0 Å². The van der Waals surface area contributed by atoms with Gasteiger partial charge >= 0.3 is 0 Å². The fourth-order valence-corrected chi connectivity index (χ4v) is 4.19. The summed E-state index contributed by atoms with van der Waals surface area (Å²) < 4.78 is 5.61. The molecule has 0 amide bonds. The number of piperidine rings is 1. The molecule has 0 bridgehead atoms. The highest BCUT2D eigenvalue weighted by atomic mass is 16.5. The zero-order valence-corrected chi connectivity index (χ0v) is 15.4. The van der Waals surface area contributed by atoms with Gasteiger partial charge in [-0.3, -0.25) is 4.90 Å². The summed E-state index contributed by atoms with van der Waals surface area (Å²) in [6, 6.07) is 22.4. The second-order valence-corrected chi connectivity index (χ2v) is 7.16. The van der Waals surface area contributed by atoms with Crippen LogP contribution in [0.1, 0.15) is 42.7 Å². The van der Waals surface area contributed by atoms with Gasteiger partial charge in [-0.15, -0.1) is 0 Å². The van der Waals surface area contributed by atoms with E-state index in [1.54, 1.807) is 0 Å². The number of nitrogens with zero attached hydrogens (tertiary/aromatic N) is 1. The third-order valence-electron chi connectivity index (χ3n) is 5.46. The highest BCUT2D eigenvalue weighted by Crippen LogP contribution is 2.31. The van der Waals surface area contributed by atoms with Crippen molar-refractivity contribution in [2.24, 2.45) is 0 Å². The smallest absolute Gasteiger partial charge is 0.0546 e. The van der Waals surface area contributed by atoms with Crippen molar-refractivity contribution in [1.82, 2.24) is 4.90 Å². The molecular formula is C23H31NO. The van der Waals surface area contributed by atoms with Crippen molar-refractivity contribution in [1.29, 1.82) is 0 Å². The molecule has 0 aromatic heterocycles. The number of likely N-dealkylation sites (tertiary alicyclic amines) is 1. The number of rotatable bonds is 8. The van der Waals surface area contributed by atoms with Gasteiger partial charge in [0.15, 0.2) is 0 Å². The molecule has 25 heavy (non-hydrogen) atoms. The Hall–Kier alpha value is -1.64. The molecule has 1 aliphatic heterocycles. The standard InChI is InChI=1S/C23H31NO/c1-25-19-22(21-14-6-3-7-15-21)23-16-8-9-17-24(23)18-10-13-20-11-4-2-5-12-20/h2-7,11-12,14-15,22-23H,8-10,13,16-19H2,1H3/t22-,23-/m1/s1. The summed E-state index contributed by atoms with van der Waals surface area (Å²) in [7, 11) is 1.83. The zero-order chi connectivity index (χ0) is 17.3. The lowest BCUT2D eigenvalue weighted by molar-refractivity contribution is 0.0812. The quantitative estimate of drug-likeness (QED) is 0.679. The Morgan fingerprint density at radius 1 is 1.00 bits per heavy atom. The molecule has 0 spiro atoms. The van der Waals surface area contributed by atoms with Gasteiger partial charge in [0, 0.05) is 19.1 Å². The predicted octanol–water partition coefficient (Wildman–Crippen LogP) is 4.90. The third kappa shape index (κ3) is 5.17. The van der Waals surface area contributed by atoms with Crippen LogP contribution >= 0.6 is 0 Å². The van der Waals surface area contributed by atoms with Gasteiger partial charge in [0.05, 0.1) is 6.61 Å². The van der Waals surface area contributed by atoms with E-state index in [1.807, 2.05) is 7.11 Å². The van der Waals surface area contributed by atoms with Crippen molar-refractivity contribution in [3.63, 3.8) is 0 Å². The SMILES string of the molecule is COC[C@H](c1ccccc1)[C@H]1CCCCN1CCCc1ccccc1. The summed E-state index contributed by atoms with van der Waals surface area (Å²) in [5, 5.41) is 0. The molecule has 2 aromatic carbocycles. The molecule has 1 aliphatic rings. The van der Waals surface area contributed by atoms with Gasteiger partial charge in [-0.1, -0.05) is 67.1 Å². The summed E-state index contributed by atoms with van der Waals surface area (Å²) in [5.41, 5.74) is 2.87. The lowest BCUT2D eigenvalue weighted by Crippen LogP contribution is -2.45. The van der Waals surface area contributed by atoms with Crippen LogP contribution in [0.4, 0.5) is 0 Å². The number of benzene rings is 2. The second kappa shape index (κ2) is 9.74. The Bertz CT molecular complexity index is 598. The summed E-state index contributed by atoms with van der Waals surface area (Å²) >= 11 is 0. The Labute approximate surface area is 152 Å². The fraction of sp³-hybridized carbons (Fsp3) is 0.478. The molecule has 0 unspecified atom stereocenters. The van der Waals surface area contributed by atoms with Crippen LogP contribution in [0.25, 0.3) is 0 Å². The van der Waals surface area contributed by atoms with Crippen LogP contribution in [-0.4, -0.2) is 37.7 Å². The summed E-state index contributed by atoms with van der Waals surface area (Å²) in [6.07, 6.45) is 6.36. The van der Waals surface area contributed by atoms with Crippen LogP contribution in [0.2, 0.25) is 0 Å². The van der Waals surface area contributed by atoms with Crippen molar-refractivity contribution < 1.29 is 4.74 Å². The van der Waals surface area contributed by atoms with E-state index >= 15 is 0 Å². The van der Waals surface area contributed by atoms with E-state index in [0.717, 1.165) is 6.61 Å². The molecule has 3 rings (SSSR count). The minimum Gasteiger partial charge on any atom is -0.384 e. The molecule has 1 saturated heterocycles. The van der Waals surface area contributed by atoms with Crippen LogP contribution in [0, 0.1) is 0 Å². The average Bonchev–Trinajstić information content (AvgIpc) is 2.68. The fourth-order valence-electron chi connectivity index (χ4n) is 4.19. The van der Waals surface area contributed by atoms with Gasteiger partial charge in [0.1, 0.15) is 0 Å². The van der Waals surface area contributed by atoms with Crippen LogP contribution in [0.5, 0.6) is 0 Å². The molecule has 1 fully saturated rings. The first kappa shape index (κ1) is 18.2. The van der Waals surface area contributed by atoms with Crippen LogP contribution in [0.15, 0.2) is 60.7 Å². The Balaban J connectivity index is 1.64. The van der Waals surface area contributed by atoms with E-state index < -0.39 is 0 Å². The van der Waals surface area contributed by atoms with Gasteiger partial charge in [-0.2, -0.15) is 0 Å². The molecule has 2 nitrogen and oxygen atoms in total. The highest BCUT2D eigenvalue weighted by Gasteiger charge is 2.30. The molecule has 0 N–H and O–H groups in total. The Morgan fingerprint density at radius 2 is 1.72 bits per heavy atom. The summed E-state index contributed by atoms with van der Waals surface area (Å²) in [4.78, 5) is 2.73. The Morgan fingerprint density at radius 3 is 2.44 bits per heavy atom. The monoisotopic (exact) mass is 337 g/mol. The summed E-state index contributed by atoms with van der Waals surface area (Å²) in [5.74, 6) is 0.475. The van der Waals surface area contributed by atoms with Crippen molar-refractivity contribution in [3.05, 3.63) is 71.8 Å². The zero-order valence-electron chi connectivity index (χ0n) is 15.4. The molecule has 0 saturated carbocycles. The van der Waals surface area contributed by atoms with Crippen molar-refractivity contribution in [3.8, 4) is 0 Å². The summed E-state index contributed by atoms with van der Waals surface area (Å²) in [6.45, 7) is 3.23. The predicted molar refractivity (Wildman–Crippen MR) is 105 cm³/mol. The van der Waals surface area contributed by atoms with Crippen LogP contribution in [-0.2, 0) is 11.2 Å². The highest BCUT2D eigenvalue weighted by molar-refractivity contribution is 5.22. The molecule has 2 aromatic rings. The maximum absolute atomic E-state index is 5.61. The van der Waals surface area contributed by atoms with Gasteiger partial charge in [0.2, 0.25) is 0 Å². The largest absolute Gasteiger partial charge is 0.384 e. The topological polar surface area (TPSA) is 12.5 Å². The molecule has 2 atom stereocenters. The minimum absolute atomic E-state index is 0.475. The molecule has 2 heteroatoms. The molecule has 1 heterocycles. The van der Waals surface area contributed by atoms with Crippen LogP contribution < -0.4 is 0 Å². The van der Waals surface area contributed by atoms with E-state index in [-0.39, 0.29) is 0 Å². The average molecular weight is 338 g/mol. The normalized spacial score (nSPS) is 19.6. The lowest BCUT2D eigenvalue weighted by atomic mass is 9.85. The van der Waals surface area contributed by atoms with Crippen molar-refractivity contribution in [2.75, 3.05) is 26.8 Å². The van der Waals surface area contributed by atoms with Gasteiger partial charge in [-0.25, -0.2) is 0 Å². The van der Waals surface area contributed by atoms with Gasteiger partial charge in [-0.05, 0) is 49.9 Å². The second-order valence-electron chi connectivity index (χ2n) is 7.16. The Kier molecular flexibility index (Phi) is 7.08. The van der Waals surface area contributed by atoms with E-state index in [2.05, 4.69) is 65.6 Å². The molecule has 0 aliphatic carbocycles. The molecule has 134 valence electrons. The number of ether oxygens (including phenoxy) is 1. The number of methoxy groups -OCH3 is 1. The van der Waals surface area contributed by atoms with E-state index in [0.29, 0.717) is 12.0 Å². The van der Waals surface area contributed by atoms with Gasteiger partial charge < -0.3 is 4.74 Å². The van der Waals surface area contributed by atoms with E-state index in [4.69, 9.17) is 4.74 Å².